The zero-order valence-corrected chi connectivity index (χ0v) is 18.7. The number of carbonyl (C=O) groups is 2. The summed E-state index contributed by atoms with van der Waals surface area (Å²) in [4.78, 5) is 29.0. The number of hydrogen-bond acceptors (Lipinski definition) is 6. The van der Waals surface area contributed by atoms with Gasteiger partial charge in [-0.3, -0.25) is 9.59 Å². The summed E-state index contributed by atoms with van der Waals surface area (Å²) in [6.45, 7) is 2.76. The second kappa shape index (κ2) is 11.2. The fourth-order valence-electron chi connectivity index (χ4n) is 3.54. The molecule has 0 spiro atoms. The van der Waals surface area contributed by atoms with Gasteiger partial charge in [-0.25, -0.2) is 4.98 Å². The molecule has 1 amide bonds. The quantitative estimate of drug-likeness (QED) is 0.365. The lowest BCUT2D eigenvalue weighted by Gasteiger charge is -2.10. The number of esters is 1. The molecule has 0 saturated carbocycles. The minimum absolute atomic E-state index is 0.0720. The number of rotatable bonds is 11. The van der Waals surface area contributed by atoms with Gasteiger partial charge in [-0.15, -0.1) is 0 Å². The second-order valence-electron chi connectivity index (χ2n) is 7.23. The number of methoxy groups -OCH3 is 2. The molecule has 0 aliphatic carbocycles. The second-order valence-corrected chi connectivity index (χ2v) is 7.23. The number of nitrogens with zero attached hydrogens (tertiary/aromatic N) is 2. The molecule has 0 saturated heterocycles. The maximum absolute atomic E-state index is 12.3. The smallest absolute Gasteiger partial charge is 0.326 e. The topological polar surface area (TPSA) is 91.7 Å². The molecular weight excluding hydrogens is 410 g/mol. The van der Waals surface area contributed by atoms with Crippen LogP contribution in [0.2, 0.25) is 0 Å². The first-order valence-corrected chi connectivity index (χ1v) is 10.6. The van der Waals surface area contributed by atoms with Gasteiger partial charge < -0.3 is 24.1 Å². The summed E-state index contributed by atoms with van der Waals surface area (Å²) < 4.78 is 17.5. The maximum Gasteiger partial charge on any atom is 0.326 e. The summed E-state index contributed by atoms with van der Waals surface area (Å²) in [6.07, 6.45) is 1.58. The molecule has 1 aromatic heterocycles. The molecule has 170 valence electrons. The number of aryl methyl sites for hydroxylation is 1. The average molecular weight is 440 g/mol. The molecule has 3 aromatic rings. The van der Waals surface area contributed by atoms with Crippen molar-refractivity contribution in [1.29, 1.82) is 0 Å². The summed E-state index contributed by atoms with van der Waals surface area (Å²) in [7, 11) is 3.14. The van der Waals surface area contributed by atoms with Crippen LogP contribution in [0.25, 0.3) is 11.0 Å². The third-order valence-electron chi connectivity index (χ3n) is 5.04. The molecule has 3 rings (SSSR count). The number of aromatic nitrogens is 2. The summed E-state index contributed by atoms with van der Waals surface area (Å²) in [5.74, 6) is 1.66. The van der Waals surface area contributed by atoms with Crippen molar-refractivity contribution in [1.82, 2.24) is 14.9 Å². The number of benzene rings is 2. The molecule has 0 unspecified atom stereocenters. The van der Waals surface area contributed by atoms with E-state index >= 15 is 0 Å². The zero-order valence-electron chi connectivity index (χ0n) is 18.7. The number of imidazole rings is 1. The summed E-state index contributed by atoms with van der Waals surface area (Å²) in [5.41, 5.74) is 2.58. The highest BCUT2D eigenvalue weighted by Gasteiger charge is 2.14. The molecule has 0 aliphatic rings. The summed E-state index contributed by atoms with van der Waals surface area (Å²) in [6, 6.07) is 13.1. The van der Waals surface area contributed by atoms with Gasteiger partial charge in [-0.2, -0.15) is 0 Å². The number of nitrogens with one attached hydrogen (secondary N) is 1. The van der Waals surface area contributed by atoms with Crippen molar-refractivity contribution in [2.24, 2.45) is 0 Å². The fourth-order valence-corrected chi connectivity index (χ4v) is 3.54. The van der Waals surface area contributed by atoms with Crippen LogP contribution in [0.3, 0.4) is 0 Å². The number of amides is 1. The van der Waals surface area contributed by atoms with E-state index < -0.39 is 0 Å². The van der Waals surface area contributed by atoms with E-state index in [4.69, 9.17) is 14.2 Å². The van der Waals surface area contributed by atoms with Crippen LogP contribution in [0.15, 0.2) is 42.5 Å². The molecule has 8 heteroatoms. The summed E-state index contributed by atoms with van der Waals surface area (Å²) in [5, 5.41) is 2.94. The number of hydrogen-bond donors (Lipinski definition) is 1. The van der Waals surface area contributed by atoms with Crippen LogP contribution in [0.5, 0.6) is 11.5 Å². The standard InChI is InChI=1S/C24H29N3O5/c1-4-32-24(29)16-27-19-9-6-5-8-18(19)26-22(27)10-7-13-25-23(28)15-17-11-12-20(30-2)21(14-17)31-3/h5-6,8-9,11-12,14H,4,7,10,13,15-16H2,1-3H3,(H,25,28). The third kappa shape index (κ3) is 5.78. The minimum atomic E-state index is -0.292. The predicted molar refractivity (Wildman–Crippen MR) is 121 cm³/mol. The van der Waals surface area contributed by atoms with Crippen LogP contribution >= 0.6 is 0 Å². The van der Waals surface area contributed by atoms with E-state index in [1.807, 2.05) is 34.9 Å². The van der Waals surface area contributed by atoms with Crippen LogP contribution < -0.4 is 14.8 Å². The van der Waals surface area contributed by atoms with Gasteiger partial charge in [0.15, 0.2) is 11.5 Å². The first kappa shape index (κ1) is 23.1. The Labute approximate surface area is 187 Å². The van der Waals surface area contributed by atoms with Crippen molar-refractivity contribution in [2.75, 3.05) is 27.4 Å². The van der Waals surface area contributed by atoms with E-state index in [0.717, 1.165) is 22.4 Å². The highest BCUT2D eigenvalue weighted by atomic mass is 16.5. The van der Waals surface area contributed by atoms with Crippen LogP contribution in [-0.2, 0) is 33.7 Å². The van der Waals surface area contributed by atoms with Gasteiger partial charge in [0.1, 0.15) is 12.4 Å². The van der Waals surface area contributed by atoms with Crippen molar-refractivity contribution in [3.8, 4) is 11.5 Å². The van der Waals surface area contributed by atoms with E-state index in [-0.39, 0.29) is 24.8 Å². The molecule has 0 atom stereocenters. The normalized spacial score (nSPS) is 10.7. The van der Waals surface area contributed by atoms with Crippen LogP contribution in [0.1, 0.15) is 24.7 Å². The van der Waals surface area contributed by atoms with Crippen molar-refractivity contribution in [3.05, 3.63) is 53.9 Å². The third-order valence-corrected chi connectivity index (χ3v) is 5.04. The molecule has 1 N–H and O–H groups in total. The van der Waals surface area contributed by atoms with Crippen LogP contribution in [-0.4, -0.2) is 48.8 Å². The molecule has 8 nitrogen and oxygen atoms in total. The molecule has 0 radical (unpaired) electrons. The summed E-state index contributed by atoms with van der Waals surface area (Å²) >= 11 is 0. The lowest BCUT2D eigenvalue weighted by molar-refractivity contribution is -0.143. The Balaban J connectivity index is 1.56. The van der Waals surface area contributed by atoms with E-state index in [2.05, 4.69) is 10.3 Å². The molecule has 1 heterocycles. The van der Waals surface area contributed by atoms with E-state index in [1.54, 1.807) is 33.3 Å². The number of ether oxygens (including phenoxy) is 3. The van der Waals surface area contributed by atoms with Crippen molar-refractivity contribution in [3.63, 3.8) is 0 Å². The molecule has 0 fully saturated rings. The van der Waals surface area contributed by atoms with E-state index in [0.29, 0.717) is 37.5 Å². The average Bonchev–Trinajstić information content (AvgIpc) is 3.14. The minimum Gasteiger partial charge on any atom is -0.493 e. The maximum atomic E-state index is 12.3. The lowest BCUT2D eigenvalue weighted by Crippen LogP contribution is -2.26. The van der Waals surface area contributed by atoms with Gasteiger partial charge in [0.2, 0.25) is 5.91 Å². The van der Waals surface area contributed by atoms with Crippen molar-refractivity contribution in [2.45, 2.75) is 32.7 Å². The first-order valence-electron chi connectivity index (χ1n) is 10.6. The fraction of sp³-hybridized carbons (Fsp3) is 0.375. The molecule has 0 aliphatic heterocycles. The van der Waals surface area contributed by atoms with Gasteiger partial charge in [0.25, 0.3) is 0 Å². The Hall–Kier alpha value is -3.55. The Bertz CT molecular complexity index is 1080. The molecule has 32 heavy (non-hydrogen) atoms. The van der Waals surface area contributed by atoms with Crippen molar-refractivity contribution >= 4 is 22.9 Å². The largest absolute Gasteiger partial charge is 0.493 e. The highest BCUT2D eigenvalue weighted by Crippen LogP contribution is 2.27. The van der Waals surface area contributed by atoms with Crippen LogP contribution in [0, 0.1) is 0 Å². The molecule has 2 aromatic carbocycles. The van der Waals surface area contributed by atoms with Gasteiger partial charge in [-0.05, 0) is 43.2 Å². The zero-order chi connectivity index (χ0) is 22.9. The van der Waals surface area contributed by atoms with Gasteiger partial charge in [-0.1, -0.05) is 18.2 Å². The van der Waals surface area contributed by atoms with Crippen molar-refractivity contribution < 1.29 is 23.8 Å². The predicted octanol–water partition coefficient (Wildman–Crippen LogP) is 2.91. The van der Waals surface area contributed by atoms with Gasteiger partial charge in [0.05, 0.1) is 38.3 Å². The number of carbonyl (C=O) groups excluding carboxylic acids is 2. The molecular formula is C24H29N3O5. The SMILES string of the molecule is CCOC(=O)Cn1c(CCCNC(=O)Cc2ccc(OC)c(OC)c2)nc2ccccc21. The Kier molecular flexibility index (Phi) is 8.08. The van der Waals surface area contributed by atoms with E-state index in [9.17, 15) is 9.59 Å². The van der Waals surface area contributed by atoms with Gasteiger partial charge in [0, 0.05) is 13.0 Å². The molecule has 0 bridgehead atoms. The Morgan fingerprint density at radius 2 is 1.84 bits per heavy atom. The van der Waals surface area contributed by atoms with E-state index in [1.165, 1.54) is 0 Å². The monoisotopic (exact) mass is 439 g/mol. The lowest BCUT2D eigenvalue weighted by atomic mass is 10.1. The number of para-hydroxylation sites is 2. The highest BCUT2D eigenvalue weighted by molar-refractivity contribution is 5.79. The number of fused-ring (bicyclic) bond motifs is 1. The van der Waals surface area contributed by atoms with Crippen LogP contribution in [0.4, 0.5) is 0 Å². The Morgan fingerprint density at radius 1 is 1.06 bits per heavy atom. The Morgan fingerprint density at radius 3 is 2.59 bits per heavy atom. The van der Waals surface area contributed by atoms with Gasteiger partial charge >= 0.3 is 5.97 Å². The first-order chi connectivity index (χ1) is 15.5.